The molecule has 5 heteroatoms. The van der Waals surface area contributed by atoms with Crippen molar-refractivity contribution in [2.24, 2.45) is 0 Å². The van der Waals surface area contributed by atoms with Gasteiger partial charge in [-0.15, -0.1) is 0 Å². The molecule has 3 N–H and O–H groups in total. The van der Waals surface area contributed by atoms with Crippen molar-refractivity contribution in [3.8, 4) is 0 Å². The molecule has 0 aliphatic carbocycles. The molecule has 1 heterocycles. The molecule has 0 aromatic heterocycles. The highest BCUT2D eigenvalue weighted by molar-refractivity contribution is 5.71. The Hall–Kier alpha value is -0.650. The molecular weight excluding hydrogens is 198 g/mol. The van der Waals surface area contributed by atoms with Crippen LogP contribution in [0.2, 0.25) is 0 Å². The Bertz CT molecular complexity index is 164. The van der Waals surface area contributed by atoms with E-state index in [0.29, 0.717) is 6.10 Å². The molecule has 5 nitrogen and oxygen atoms in total. The molecule has 2 unspecified atom stereocenters. The van der Waals surface area contributed by atoms with Crippen molar-refractivity contribution >= 4 is 5.97 Å². The third-order valence-corrected chi connectivity index (χ3v) is 1.97. The first-order valence-electron chi connectivity index (χ1n) is 5.31. The average molecular weight is 219 g/mol. The van der Waals surface area contributed by atoms with Crippen molar-refractivity contribution in [1.82, 2.24) is 5.32 Å². The molecular formula is C10H21NO4. The third-order valence-electron chi connectivity index (χ3n) is 1.97. The number of carboxylic acid groups (broad SMARTS) is 1. The van der Waals surface area contributed by atoms with Gasteiger partial charge in [0.05, 0.1) is 12.7 Å². The summed E-state index contributed by atoms with van der Waals surface area (Å²) < 4.78 is 5.46. The Morgan fingerprint density at radius 3 is 2.60 bits per heavy atom. The number of hydrogen-bond donors (Lipinski definition) is 3. The molecule has 1 rings (SSSR count). The maximum atomic E-state index is 9.45. The fourth-order valence-corrected chi connectivity index (χ4v) is 1.13. The summed E-state index contributed by atoms with van der Waals surface area (Å²) in [5.41, 5.74) is 0. The lowest BCUT2D eigenvalue weighted by atomic mass is 10.2. The summed E-state index contributed by atoms with van der Waals surface area (Å²) in [4.78, 5) is 9.45. The van der Waals surface area contributed by atoms with E-state index in [9.17, 15) is 4.79 Å². The minimum atomic E-state index is -1.23. The molecule has 0 aromatic rings. The van der Waals surface area contributed by atoms with Crippen LogP contribution in [0.5, 0.6) is 0 Å². The summed E-state index contributed by atoms with van der Waals surface area (Å²) >= 11 is 0. The van der Waals surface area contributed by atoms with Crippen molar-refractivity contribution in [1.29, 1.82) is 0 Å². The molecule has 0 amide bonds. The van der Waals surface area contributed by atoms with Crippen LogP contribution in [0, 0.1) is 0 Å². The van der Waals surface area contributed by atoms with Gasteiger partial charge in [-0.25, -0.2) is 4.79 Å². The largest absolute Gasteiger partial charge is 0.479 e. The van der Waals surface area contributed by atoms with Gasteiger partial charge in [0.15, 0.2) is 0 Å². The Morgan fingerprint density at radius 1 is 1.67 bits per heavy atom. The fourth-order valence-electron chi connectivity index (χ4n) is 1.13. The smallest absolute Gasteiger partial charge is 0.332 e. The molecule has 1 fully saturated rings. The number of nitrogens with one attached hydrogen (secondary N) is 1. The molecule has 1 aliphatic heterocycles. The fraction of sp³-hybridized carbons (Fsp3) is 0.900. The van der Waals surface area contributed by atoms with Crippen LogP contribution in [0.1, 0.15) is 26.7 Å². The standard InChI is InChI=1S/C7H15NO.C3H6O3/c1-2-3-7-6-8-4-5-9-7;1-2(4)3(5)6/h7-8H,2-6H2,1H3;2,4H,1H3,(H,5,6). The number of morpholine rings is 1. The summed E-state index contributed by atoms with van der Waals surface area (Å²) in [6.45, 7) is 6.36. The zero-order chi connectivity index (χ0) is 11.7. The highest BCUT2D eigenvalue weighted by Gasteiger charge is 2.10. The number of aliphatic carboxylic acids is 1. The normalized spacial score (nSPS) is 22.5. The number of carbonyl (C=O) groups is 1. The van der Waals surface area contributed by atoms with E-state index in [1.54, 1.807) is 0 Å². The average Bonchev–Trinajstić information content (AvgIpc) is 2.20. The summed E-state index contributed by atoms with van der Waals surface area (Å²) in [5.74, 6) is -1.19. The molecule has 90 valence electrons. The quantitative estimate of drug-likeness (QED) is 0.633. The van der Waals surface area contributed by atoms with E-state index in [1.165, 1.54) is 19.8 Å². The zero-order valence-corrected chi connectivity index (χ0v) is 9.40. The van der Waals surface area contributed by atoms with Crippen molar-refractivity contribution < 1.29 is 19.7 Å². The first-order valence-corrected chi connectivity index (χ1v) is 5.31. The van der Waals surface area contributed by atoms with Crippen molar-refractivity contribution in [2.75, 3.05) is 19.7 Å². The zero-order valence-electron chi connectivity index (χ0n) is 9.40. The van der Waals surface area contributed by atoms with E-state index in [4.69, 9.17) is 14.9 Å². The molecule has 15 heavy (non-hydrogen) atoms. The first kappa shape index (κ1) is 14.3. The SMILES string of the molecule is CC(O)C(=O)O.CCCC1CNCCO1. The van der Waals surface area contributed by atoms with Crippen LogP contribution >= 0.6 is 0 Å². The van der Waals surface area contributed by atoms with Crippen molar-refractivity contribution in [3.63, 3.8) is 0 Å². The third kappa shape index (κ3) is 8.35. The van der Waals surface area contributed by atoms with Crippen LogP contribution in [0.25, 0.3) is 0 Å². The topological polar surface area (TPSA) is 78.8 Å². The molecule has 0 aromatic carbocycles. The van der Waals surface area contributed by atoms with Gasteiger partial charge in [0.25, 0.3) is 0 Å². The van der Waals surface area contributed by atoms with E-state index in [0.717, 1.165) is 19.7 Å². The lowest BCUT2D eigenvalue weighted by molar-refractivity contribution is -0.145. The summed E-state index contributed by atoms with van der Waals surface area (Å²) in [6.07, 6.45) is 1.69. The maximum absolute atomic E-state index is 9.45. The number of ether oxygens (including phenoxy) is 1. The van der Waals surface area contributed by atoms with Crippen molar-refractivity contribution in [2.45, 2.75) is 38.9 Å². The van der Waals surface area contributed by atoms with E-state index in [1.807, 2.05) is 0 Å². The van der Waals surface area contributed by atoms with Gasteiger partial charge < -0.3 is 20.3 Å². The van der Waals surface area contributed by atoms with Crippen LogP contribution < -0.4 is 5.32 Å². The van der Waals surface area contributed by atoms with Gasteiger partial charge in [0.1, 0.15) is 6.10 Å². The van der Waals surface area contributed by atoms with Gasteiger partial charge >= 0.3 is 5.97 Å². The second kappa shape index (κ2) is 8.64. The molecule has 1 aliphatic rings. The molecule has 0 radical (unpaired) electrons. The summed E-state index contributed by atoms with van der Waals surface area (Å²) in [5, 5.41) is 19.1. The minimum Gasteiger partial charge on any atom is -0.479 e. The second-order valence-electron chi connectivity index (χ2n) is 3.50. The first-order chi connectivity index (χ1) is 7.07. The molecule has 1 saturated heterocycles. The van der Waals surface area contributed by atoms with Gasteiger partial charge in [-0.2, -0.15) is 0 Å². The monoisotopic (exact) mass is 219 g/mol. The minimum absolute atomic E-state index is 0.490. The van der Waals surface area contributed by atoms with Crippen LogP contribution in [0.3, 0.4) is 0 Å². The summed E-state index contributed by atoms with van der Waals surface area (Å²) in [7, 11) is 0. The molecule has 0 saturated carbocycles. The number of aliphatic hydroxyl groups is 1. The van der Waals surface area contributed by atoms with Gasteiger partial charge in [0, 0.05) is 13.1 Å². The molecule has 2 atom stereocenters. The van der Waals surface area contributed by atoms with Crippen molar-refractivity contribution in [3.05, 3.63) is 0 Å². The van der Waals surface area contributed by atoms with Gasteiger partial charge in [0.2, 0.25) is 0 Å². The van der Waals surface area contributed by atoms with Crippen LogP contribution in [0.4, 0.5) is 0 Å². The van der Waals surface area contributed by atoms with E-state index >= 15 is 0 Å². The molecule has 0 bridgehead atoms. The number of hydrogen-bond acceptors (Lipinski definition) is 4. The molecule has 0 spiro atoms. The highest BCUT2D eigenvalue weighted by Crippen LogP contribution is 2.02. The van der Waals surface area contributed by atoms with Gasteiger partial charge in [-0.3, -0.25) is 0 Å². The van der Waals surface area contributed by atoms with Crippen LogP contribution in [-0.2, 0) is 9.53 Å². The predicted octanol–water partition coefficient (Wildman–Crippen LogP) is 0.227. The highest BCUT2D eigenvalue weighted by atomic mass is 16.5. The van der Waals surface area contributed by atoms with E-state index < -0.39 is 12.1 Å². The van der Waals surface area contributed by atoms with E-state index in [2.05, 4.69) is 12.2 Å². The summed E-state index contributed by atoms with van der Waals surface area (Å²) in [6, 6.07) is 0. The lowest BCUT2D eigenvalue weighted by Gasteiger charge is -2.22. The number of carboxylic acids is 1. The maximum Gasteiger partial charge on any atom is 0.332 e. The predicted molar refractivity (Wildman–Crippen MR) is 56.8 cm³/mol. The van der Waals surface area contributed by atoms with Gasteiger partial charge in [-0.05, 0) is 13.3 Å². The van der Waals surface area contributed by atoms with Gasteiger partial charge in [-0.1, -0.05) is 13.3 Å². The Balaban J connectivity index is 0.000000288. The Morgan fingerprint density at radius 2 is 2.27 bits per heavy atom. The lowest BCUT2D eigenvalue weighted by Crippen LogP contribution is -2.38. The van der Waals surface area contributed by atoms with Crippen LogP contribution in [-0.4, -0.2) is 48.1 Å². The van der Waals surface area contributed by atoms with Crippen LogP contribution in [0.15, 0.2) is 0 Å². The number of aliphatic hydroxyl groups excluding tert-OH is 1. The Kier molecular flexibility index (Phi) is 8.27. The Labute approximate surface area is 90.4 Å². The second-order valence-corrected chi connectivity index (χ2v) is 3.50. The van der Waals surface area contributed by atoms with E-state index in [-0.39, 0.29) is 0 Å². The number of rotatable bonds is 3.